The Kier molecular flexibility index (Phi) is 5.08. The lowest BCUT2D eigenvalue weighted by Gasteiger charge is -2.33. The number of nitrogens with two attached hydrogens (primary N) is 1. The molecule has 1 unspecified atom stereocenters. The number of hydrogen-bond acceptors (Lipinski definition) is 4. The highest BCUT2D eigenvalue weighted by atomic mass is 16.5. The number of nitrogens with zero attached hydrogens (tertiary/aromatic N) is 2. The van der Waals surface area contributed by atoms with Gasteiger partial charge in [0.15, 0.2) is 0 Å². The SMILES string of the molecule is N[C@@H]1CCN(C(=O)CC2CN(Cc3ccccc3)CCO2)C1. The predicted molar refractivity (Wildman–Crippen MR) is 85.2 cm³/mol. The largest absolute Gasteiger partial charge is 0.375 e. The Hall–Kier alpha value is -1.43. The summed E-state index contributed by atoms with van der Waals surface area (Å²) in [5.41, 5.74) is 7.18. The molecular weight excluding hydrogens is 278 g/mol. The van der Waals surface area contributed by atoms with Crippen molar-refractivity contribution in [1.82, 2.24) is 9.80 Å². The van der Waals surface area contributed by atoms with Gasteiger partial charge in [-0.2, -0.15) is 0 Å². The zero-order valence-electron chi connectivity index (χ0n) is 13.0. The highest BCUT2D eigenvalue weighted by Gasteiger charge is 2.28. The van der Waals surface area contributed by atoms with Crippen LogP contribution in [0.1, 0.15) is 18.4 Å². The van der Waals surface area contributed by atoms with Crippen LogP contribution >= 0.6 is 0 Å². The molecule has 0 radical (unpaired) electrons. The average molecular weight is 303 g/mol. The van der Waals surface area contributed by atoms with Gasteiger partial charge in [-0.1, -0.05) is 30.3 Å². The quantitative estimate of drug-likeness (QED) is 0.895. The molecule has 5 heteroatoms. The molecule has 0 spiro atoms. The van der Waals surface area contributed by atoms with Gasteiger partial charge in [0.1, 0.15) is 0 Å². The molecule has 5 nitrogen and oxygen atoms in total. The summed E-state index contributed by atoms with van der Waals surface area (Å²) in [5, 5.41) is 0. The fourth-order valence-corrected chi connectivity index (χ4v) is 3.23. The molecule has 0 bridgehead atoms. The van der Waals surface area contributed by atoms with Crippen molar-refractivity contribution in [3.05, 3.63) is 35.9 Å². The molecular formula is C17H25N3O2. The normalized spacial score (nSPS) is 26.3. The Morgan fingerprint density at radius 3 is 2.77 bits per heavy atom. The van der Waals surface area contributed by atoms with Gasteiger partial charge < -0.3 is 15.4 Å². The molecule has 3 rings (SSSR count). The van der Waals surface area contributed by atoms with Gasteiger partial charge >= 0.3 is 0 Å². The van der Waals surface area contributed by atoms with Crippen LogP contribution in [0.25, 0.3) is 0 Å². The maximum Gasteiger partial charge on any atom is 0.225 e. The van der Waals surface area contributed by atoms with E-state index >= 15 is 0 Å². The predicted octanol–water partition coefficient (Wildman–Crippen LogP) is 0.837. The molecule has 0 saturated carbocycles. The minimum atomic E-state index is 0.00165. The first-order chi connectivity index (χ1) is 10.7. The summed E-state index contributed by atoms with van der Waals surface area (Å²) in [5.74, 6) is 0.180. The van der Waals surface area contributed by atoms with Gasteiger partial charge in [-0.15, -0.1) is 0 Å². The van der Waals surface area contributed by atoms with E-state index in [1.165, 1.54) is 5.56 Å². The molecule has 2 aliphatic heterocycles. The topological polar surface area (TPSA) is 58.8 Å². The monoisotopic (exact) mass is 303 g/mol. The first kappa shape index (κ1) is 15.5. The number of likely N-dealkylation sites (tertiary alicyclic amines) is 1. The van der Waals surface area contributed by atoms with Crippen LogP contribution in [-0.4, -0.2) is 60.6 Å². The second kappa shape index (κ2) is 7.22. The minimum absolute atomic E-state index is 0.00165. The third kappa shape index (κ3) is 4.06. The third-order valence-corrected chi connectivity index (χ3v) is 4.45. The summed E-state index contributed by atoms with van der Waals surface area (Å²) in [6.45, 7) is 4.85. The van der Waals surface area contributed by atoms with E-state index in [1.807, 2.05) is 11.0 Å². The maximum atomic E-state index is 12.3. The Morgan fingerprint density at radius 1 is 1.23 bits per heavy atom. The molecule has 2 fully saturated rings. The Bertz CT molecular complexity index is 494. The van der Waals surface area contributed by atoms with E-state index in [4.69, 9.17) is 10.5 Å². The smallest absolute Gasteiger partial charge is 0.225 e. The summed E-state index contributed by atoms with van der Waals surface area (Å²) in [6, 6.07) is 10.6. The van der Waals surface area contributed by atoms with Crippen molar-refractivity contribution in [1.29, 1.82) is 0 Å². The van der Waals surface area contributed by atoms with Gasteiger partial charge in [0.25, 0.3) is 0 Å². The van der Waals surface area contributed by atoms with Crippen molar-refractivity contribution >= 4 is 5.91 Å². The van der Waals surface area contributed by atoms with Crippen molar-refractivity contribution < 1.29 is 9.53 Å². The number of carbonyl (C=O) groups is 1. The first-order valence-electron chi connectivity index (χ1n) is 8.12. The van der Waals surface area contributed by atoms with Gasteiger partial charge in [-0.25, -0.2) is 0 Å². The molecule has 0 aromatic heterocycles. The standard InChI is InChI=1S/C17H25N3O2/c18-15-6-7-20(12-15)17(21)10-16-13-19(8-9-22-16)11-14-4-2-1-3-5-14/h1-5,15-16H,6-13,18H2/t15-,16?/m1/s1. The number of carbonyl (C=O) groups excluding carboxylic acids is 1. The zero-order chi connectivity index (χ0) is 15.4. The van der Waals surface area contributed by atoms with Crippen LogP contribution in [0.4, 0.5) is 0 Å². The number of rotatable bonds is 4. The molecule has 2 saturated heterocycles. The van der Waals surface area contributed by atoms with E-state index < -0.39 is 0 Å². The fourth-order valence-electron chi connectivity index (χ4n) is 3.23. The molecule has 2 atom stereocenters. The molecule has 22 heavy (non-hydrogen) atoms. The van der Waals surface area contributed by atoms with E-state index in [1.54, 1.807) is 0 Å². The van der Waals surface area contributed by atoms with Crippen molar-refractivity contribution in [2.24, 2.45) is 5.73 Å². The fraction of sp³-hybridized carbons (Fsp3) is 0.588. The second-order valence-corrected chi connectivity index (χ2v) is 6.31. The van der Waals surface area contributed by atoms with Crippen molar-refractivity contribution in [3.63, 3.8) is 0 Å². The lowest BCUT2D eigenvalue weighted by Crippen LogP contribution is -2.44. The van der Waals surface area contributed by atoms with Crippen LogP contribution in [0.3, 0.4) is 0 Å². The van der Waals surface area contributed by atoms with Crippen molar-refractivity contribution in [2.45, 2.75) is 31.5 Å². The van der Waals surface area contributed by atoms with Crippen molar-refractivity contribution in [2.75, 3.05) is 32.8 Å². The molecule has 0 aliphatic carbocycles. The number of benzene rings is 1. The Labute approximate surface area is 132 Å². The third-order valence-electron chi connectivity index (χ3n) is 4.45. The summed E-state index contributed by atoms with van der Waals surface area (Å²) in [7, 11) is 0. The van der Waals surface area contributed by atoms with Crippen LogP contribution in [0.15, 0.2) is 30.3 Å². The van der Waals surface area contributed by atoms with E-state index in [-0.39, 0.29) is 18.1 Å². The highest BCUT2D eigenvalue weighted by Crippen LogP contribution is 2.15. The van der Waals surface area contributed by atoms with E-state index in [2.05, 4.69) is 29.2 Å². The lowest BCUT2D eigenvalue weighted by molar-refractivity contribution is -0.135. The number of ether oxygens (including phenoxy) is 1. The highest BCUT2D eigenvalue weighted by molar-refractivity contribution is 5.77. The summed E-state index contributed by atoms with van der Waals surface area (Å²) in [4.78, 5) is 16.5. The molecule has 2 aliphatic rings. The van der Waals surface area contributed by atoms with E-state index in [9.17, 15) is 4.79 Å². The molecule has 1 aromatic carbocycles. The number of hydrogen-bond donors (Lipinski definition) is 1. The Morgan fingerprint density at radius 2 is 2.05 bits per heavy atom. The minimum Gasteiger partial charge on any atom is -0.375 e. The van der Waals surface area contributed by atoms with E-state index in [0.717, 1.165) is 32.6 Å². The van der Waals surface area contributed by atoms with Crippen LogP contribution in [0, 0.1) is 0 Å². The van der Waals surface area contributed by atoms with Gasteiger partial charge in [-0.05, 0) is 12.0 Å². The Balaban J connectivity index is 1.49. The molecule has 2 heterocycles. The van der Waals surface area contributed by atoms with Gasteiger partial charge in [-0.3, -0.25) is 9.69 Å². The summed E-state index contributed by atoms with van der Waals surface area (Å²) >= 11 is 0. The molecule has 1 amide bonds. The summed E-state index contributed by atoms with van der Waals surface area (Å²) in [6.07, 6.45) is 1.39. The van der Waals surface area contributed by atoms with Crippen LogP contribution in [0.2, 0.25) is 0 Å². The number of amides is 1. The number of morpholine rings is 1. The molecule has 1 aromatic rings. The van der Waals surface area contributed by atoms with Crippen LogP contribution in [-0.2, 0) is 16.1 Å². The van der Waals surface area contributed by atoms with Crippen molar-refractivity contribution in [3.8, 4) is 0 Å². The maximum absolute atomic E-state index is 12.3. The van der Waals surface area contributed by atoms with Gasteiger partial charge in [0.05, 0.1) is 19.1 Å². The first-order valence-corrected chi connectivity index (χ1v) is 8.12. The second-order valence-electron chi connectivity index (χ2n) is 6.31. The van der Waals surface area contributed by atoms with Gasteiger partial charge in [0, 0.05) is 38.8 Å². The summed E-state index contributed by atoms with van der Waals surface area (Å²) < 4.78 is 5.78. The molecule has 120 valence electrons. The van der Waals surface area contributed by atoms with E-state index in [0.29, 0.717) is 19.6 Å². The lowest BCUT2D eigenvalue weighted by atomic mass is 10.1. The van der Waals surface area contributed by atoms with Crippen LogP contribution < -0.4 is 5.73 Å². The van der Waals surface area contributed by atoms with Gasteiger partial charge in [0.2, 0.25) is 5.91 Å². The average Bonchev–Trinajstić information content (AvgIpc) is 2.95. The zero-order valence-corrected chi connectivity index (χ0v) is 13.0. The van der Waals surface area contributed by atoms with Crippen LogP contribution in [0.5, 0.6) is 0 Å². The molecule has 2 N–H and O–H groups in total.